The van der Waals surface area contributed by atoms with E-state index in [2.05, 4.69) is 0 Å². The number of aromatic nitrogens is 1. The van der Waals surface area contributed by atoms with Gasteiger partial charge < -0.3 is 9.52 Å². The van der Waals surface area contributed by atoms with Crippen LogP contribution in [0.3, 0.4) is 0 Å². The molecule has 1 heterocycles. The van der Waals surface area contributed by atoms with Gasteiger partial charge >= 0.3 is 5.76 Å². The van der Waals surface area contributed by atoms with E-state index in [1.807, 2.05) is 0 Å². The second-order valence-corrected chi connectivity index (χ2v) is 5.07. The van der Waals surface area contributed by atoms with Gasteiger partial charge in [0.1, 0.15) is 11.9 Å². The molecule has 4 nitrogen and oxygen atoms in total. The van der Waals surface area contributed by atoms with Gasteiger partial charge in [-0.3, -0.25) is 4.57 Å². The Kier molecular flexibility index (Phi) is 3.14. The monoisotopic (exact) mass is 287 g/mol. The van der Waals surface area contributed by atoms with Gasteiger partial charge in [0.2, 0.25) is 0 Å². The van der Waals surface area contributed by atoms with E-state index in [-0.39, 0.29) is 5.82 Å². The number of fused-ring (bicyclic) bond motifs is 1. The van der Waals surface area contributed by atoms with Gasteiger partial charge in [0, 0.05) is 7.05 Å². The molecule has 3 rings (SSSR count). The molecule has 3 aromatic rings. The third kappa shape index (κ3) is 2.25. The van der Waals surface area contributed by atoms with E-state index >= 15 is 0 Å². The van der Waals surface area contributed by atoms with Crippen molar-refractivity contribution in [1.82, 2.24) is 4.57 Å². The van der Waals surface area contributed by atoms with Crippen LogP contribution in [0.15, 0.2) is 45.6 Å². The van der Waals surface area contributed by atoms with E-state index in [4.69, 9.17) is 4.42 Å². The lowest BCUT2D eigenvalue weighted by atomic mass is 10.00. The molecule has 5 heteroatoms. The molecule has 21 heavy (non-hydrogen) atoms. The summed E-state index contributed by atoms with van der Waals surface area (Å²) in [6, 6.07) is 9.59. The van der Waals surface area contributed by atoms with Crippen molar-refractivity contribution in [3.63, 3.8) is 0 Å². The minimum Gasteiger partial charge on any atom is -0.408 e. The number of benzene rings is 2. The van der Waals surface area contributed by atoms with E-state index in [0.717, 1.165) is 0 Å². The maximum atomic E-state index is 13.6. The second kappa shape index (κ2) is 4.86. The van der Waals surface area contributed by atoms with Crippen LogP contribution in [0.4, 0.5) is 4.39 Å². The van der Waals surface area contributed by atoms with E-state index < -0.39 is 11.9 Å². The third-order valence-electron chi connectivity index (χ3n) is 3.64. The summed E-state index contributed by atoms with van der Waals surface area (Å²) in [6.45, 7) is 1.66. The van der Waals surface area contributed by atoms with Gasteiger partial charge in [-0.1, -0.05) is 18.2 Å². The molecule has 0 amide bonds. The summed E-state index contributed by atoms with van der Waals surface area (Å²) in [5.41, 5.74) is 2.56. The number of hydrogen-bond acceptors (Lipinski definition) is 3. The fraction of sp³-hybridized carbons (Fsp3) is 0.188. The first-order valence-electron chi connectivity index (χ1n) is 6.51. The van der Waals surface area contributed by atoms with Gasteiger partial charge in [-0.2, -0.15) is 0 Å². The van der Waals surface area contributed by atoms with Crippen LogP contribution >= 0.6 is 0 Å². The Morgan fingerprint density at radius 2 is 1.86 bits per heavy atom. The Balaban J connectivity index is 2.06. The number of hydrogen-bond donors (Lipinski definition) is 1. The Morgan fingerprint density at radius 1 is 1.19 bits per heavy atom. The van der Waals surface area contributed by atoms with Crippen LogP contribution < -0.4 is 5.76 Å². The molecule has 0 aliphatic heterocycles. The Bertz CT molecular complexity index is 879. The molecule has 2 aromatic carbocycles. The molecule has 1 atom stereocenters. The molecule has 1 N–H and O–H groups in total. The van der Waals surface area contributed by atoms with Crippen LogP contribution in [0.2, 0.25) is 0 Å². The van der Waals surface area contributed by atoms with Gasteiger partial charge in [0.15, 0.2) is 5.58 Å². The maximum absolute atomic E-state index is 13.6. The average molecular weight is 287 g/mol. The van der Waals surface area contributed by atoms with E-state index in [9.17, 15) is 14.3 Å². The van der Waals surface area contributed by atoms with Crippen LogP contribution in [0.5, 0.6) is 0 Å². The molecule has 108 valence electrons. The summed E-state index contributed by atoms with van der Waals surface area (Å²) in [6.07, 6.45) is -0.977. The van der Waals surface area contributed by atoms with Crippen LogP contribution in [-0.4, -0.2) is 9.67 Å². The molecule has 0 spiro atoms. The van der Waals surface area contributed by atoms with Crippen molar-refractivity contribution in [1.29, 1.82) is 0 Å². The zero-order chi connectivity index (χ0) is 15.1. The number of nitrogens with zero attached hydrogens (tertiary/aromatic N) is 1. The maximum Gasteiger partial charge on any atom is 0.419 e. The molecular formula is C16H14FNO3. The summed E-state index contributed by atoms with van der Waals surface area (Å²) in [4.78, 5) is 11.5. The number of rotatable bonds is 2. The van der Waals surface area contributed by atoms with Gasteiger partial charge in [0.25, 0.3) is 0 Å². The molecular weight excluding hydrogens is 273 g/mol. The number of aliphatic hydroxyl groups excluding tert-OH is 1. The highest BCUT2D eigenvalue weighted by molar-refractivity contribution is 5.74. The first kappa shape index (κ1) is 13.6. The van der Waals surface area contributed by atoms with Crippen molar-refractivity contribution in [3.05, 3.63) is 69.5 Å². The SMILES string of the molecule is Cc1ccc(C(O)c2ccc3c(c2)oc(=O)n3C)cc1F. The number of aryl methyl sites for hydroxylation is 2. The summed E-state index contributed by atoms with van der Waals surface area (Å²) >= 11 is 0. The van der Waals surface area contributed by atoms with E-state index in [1.165, 1.54) is 10.6 Å². The smallest absolute Gasteiger partial charge is 0.408 e. The summed E-state index contributed by atoms with van der Waals surface area (Å²) in [7, 11) is 1.61. The Hall–Kier alpha value is -2.40. The lowest BCUT2D eigenvalue weighted by molar-refractivity contribution is 0.220. The number of aliphatic hydroxyl groups is 1. The highest BCUT2D eigenvalue weighted by atomic mass is 19.1. The molecule has 0 saturated heterocycles. The van der Waals surface area contributed by atoms with Crippen molar-refractivity contribution < 1.29 is 13.9 Å². The lowest BCUT2D eigenvalue weighted by Gasteiger charge is -2.12. The molecule has 0 saturated carbocycles. The van der Waals surface area contributed by atoms with Crippen LogP contribution in [-0.2, 0) is 7.05 Å². The zero-order valence-electron chi connectivity index (χ0n) is 11.6. The number of halogens is 1. The Labute approximate surface area is 120 Å². The fourth-order valence-corrected chi connectivity index (χ4v) is 2.29. The van der Waals surface area contributed by atoms with E-state index in [1.54, 1.807) is 44.3 Å². The average Bonchev–Trinajstić information content (AvgIpc) is 2.76. The first-order valence-corrected chi connectivity index (χ1v) is 6.51. The molecule has 0 aliphatic carbocycles. The molecule has 0 radical (unpaired) electrons. The lowest BCUT2D eigenvalue weighted by Crippen LogP contribution is -2.08. The summed E-state index contributed by atoms with van der Waals surface area (Å²) < 4.78 is 20.1. The number of oxazole rings is 1. The highest BCUT2D eigenvalue weighted by Crippen LogP contribution is 2.26. The molecule has 1 unspecified atom stereocenters. The van der Waals surface area contributed by atoms with Crippen molar-refractivity contribution >= 4 is 11.1 Å². The molecule has 0 bridgehead atoms. The van der Waals surface area contributed by atoms with Crippen molar-refractivity contribution in [2.45, 2.75) is 13.0 Å². The van der Waals surface area contributed by atoms with Crippen LogP contribution in [0.1, 0.15) is 22.8 Å². The minimum absolute atomic E-state index is 0.362. The first-order chi connectivity index (χ1) is 9.97. The Morgan fingerprint density at radius 3 is 2.57 bits per heavy atom. The highest BCUT2D eigenvalue weighted by Gasteiger charge is 2.14. The fourth-order valence-electron chi connectivity index (χ4n) is 2.29. The predicted molar refractivity (Wildman–Crippen MR) is 76.7 cm³/mol. The standard InChI is InChI=1S/C16H14FNO3/c1-9-3-4-10(7-12(9)17)15(19)11-5-6-13-14(8-11)21-16(20)18(13)2/h3-8,15,19H,1-2H3. The largest absolute Gasteiger partial charge is 0.419 e. The second-order valence-electron chi connectivity index (χ2n) is 5.07. The zero-order valence-corrected chi connectivity index (χ0v) is 11.6. The topological polar surface area (TPSA) is 55.4 Å². The van der Waals surface area contributed by atoms with Crippen molar-refractivity contribution in [3.8, 4) is 0 Å². The summed E-state index contributed by atoms with van der Waals surface area (Å²) in [5, 5.41) is 10.3. The van der Waals surface area contributed by atoms with Crippen molar-refractivity contribution in [2.75, 3.05) is 0 Å². The predicted octanol–water partition coefficient (Wildman–Crippen LogP) is 2.66. The van der Waals surface area contributed by atoms with Crippen molar-refractivity contribution in [2.24, 2.45) is 7.05 Å². The third-order valence-corrected chi connectivity index (χ3v) is 3.64. The van der Waals surface area contributed by atoms with Gasteiger partial charge in [0.05, 0.1) is 5.52 Å². The quantitative estimate of drug-likeness (QED) is 0.788. The summed E-state index contributed by atoms with van der Waals surface area (Å²) in [5.74, 6) is -0.822. The van der Waals surface area contributed by atoms with Gasteiger partial charge in [-0.25, -0.2) is 9.18 Å². The van der Waals surface area contributed by atoms with Gasteiger partial charge in [-0.05, 0) is 41.8 Å². The van der Waals surface area contributed by atoms with Crippen LogP contribution in [0, 0.1) is 12.7 Å². The van der Waals surface area contributed by atoms with Gasteiger partial charge in [-0.15, -0.1) is 0 Å². The van der Waals surface area contributed by atoms with E-state index in [0.29, 0.717) is 27.8 Å². The molecule has 0 fully saturated rings. The molecule has 0 aliphatic rings. The normalized spacial score (nSPS) is 12.8. The molecule has 1 aromatic heterocycles. The van der Waals surface area contributed by atoms with Crippen LogP contribution in [0.25, 0.3) is 11.1 Å². The minimum atomic E-state index is -0.977.